The SMILES string of the molecule is C=CC(=O)Cc1cc(Cl)cc(-c2nc(Nc3cccc(N4CCCCC4)c3)ncc2F)c1. The minimum absolute atomic E-state index is 0.115. The number of nitrogens with zero attached hydrogens (tertiary/aromatic N) is 3. The Bertz CT molecular complexity index is 1140. The van der Waals surface area contributed by atoms with Gasteiger partial charge in [0.05, 0.1) is 6.20 Å². The van der Waals surface area contributed by atoms with E-state index in [4.69, 9.17) is 11.6 Å². The molecule has 1 saturated heterocycles. The van der Waals surface area contributed by atoms with Gasteiger partial charge in [-0.1, -0.05) is 24.2 Å². The lowest BCUT2D eigenvalue weighted by Gasteiger charge is -2.29. The van der Waals surface area contributed by atoms with Gasteiger partial charge >= 0.3 is 0 Å². The molecule has 164 valence electrons. The van der Waals surface area contributed by atoms with Crippen LogP contribution in [0.25, 0.3) is 11.3 Å². The second-order valence-electron chi connectivity index (χ2n) is 7.81. The van der Waals surface area contributed by atoms with Crippen molar-refractivity contribution in [2.75, 3.05) is 23.3 Å². The number of benzene rings is 2. The first-order chi connectivity index (χ1) is 15.5. The molecule has 5 nitrogen and oxygen atoms in total. The van der Waals surface area contributed by atoms with Crippen molar-refractivity contribution in [2.24, 2.45) is 0 Å². The van der Waals surface area contributed by atoms with Gasteiger partial charge in [0.25, 0.3) is 0 Å². The minimum Gasteiger partial charge on any atom is -0.371 e. The molecule has 0 aliphatic carbocycles. The van der Waals surface area contributed by atoms with Crippen LogP contribution in [0.1, 0.15) is 24.8 Å². The van der Waals surface area contributed by atoms with Gasteiger partial charge in [-0.25, -0.2) is 14.4 Å². The van der Waals surface area contributed by atoms with Gasteiger partial charge in [0.1, 0.15) is 5.69 Å². The van der Waals surface area contributed by atoms with Crippen molar-refractivity contribution in [3.05, 3.63) is 77.7 Å². The second-order valence-corrected chi connectivity index (χ2v) is 8.24. The third kappa shape index (κ3) is 5.32. The molecule has 4 rings (SSSR count). The zero-order valence-electron chi connectivity index (χ0n) is 17.7. The van der Waals surface area contributed by atoms with E-state index in [1.807, 2.05) is 12.1 Å². The summed E-state index contributed by atoms with van der Waals surface area (Å²) < 4.78 is 14.6. The van der Waals surface area contributed by atoms with Crippen LogP contribution in [0.5, 0.6) is 0 Å². The maximum atomic E-state index is 14.6. The number of hydrogen-bond acceptors (Lipinski definition) is 5. The maximum absolute atomic E-state index is 14.6. The highest BCUT2D eigenvalue weighted by molar-refractivity contribution is 6.31. The lowest BCUT2D eigenvalue weighted by molar-refractivity contribution is -0.114. The fraction of sp³-hybridized carbons (Fsp3) is 0.240. The normalized spacial score (nSPS) is 13.6. The molecule has 7 heteroatoms. The number of halogens is 2. The summed E-state index contributed by atoms with van der Waals surface area (Å²) >= 11 is 6.22. The molecule has 2 heterocycles. The van der Waals surface area contributed by atoms with Gasteiger partial charge in [0.15, 0.2) is 11.6 Å². The largest absolute Gasteiger partial charge is 0.371 e. The highest BCUT2D eigenvalue weighted by Gasteiger charge is 2.14. The Kier molecular flexibility index (Phi) is 6.81. The summed E-state index contributed by atoms with van der Waals surface area (Å²) in [4.78, 5) is 22.6. The first-order valence-corrected chi connectivity index (χ1v) is 11.0. The third-order valence-electron chi connectivity index (χ3n) is 5.40. The van der Waals surface area contributed by atoms with Crippen LogP contribution in [0, 0.1) is 5.82 Å². The van der Waals surface area contributed by atoms with Crippen LogP contribution >= 0.6 is 11.6 Å². The summed E-state index contributed by atoms with van der Waals surface area (Å²) in [5, 5.41) is 3.57. The van der Waals surface area contributed by atoms with Gasteiger partial charge < -0.3 is 10.2 Å². The highest BCUT2D eigenvalue weighted by Crippen LogP contribution is 2.28. The van der Waals surface area contributed by atoms with Crippen LogP contribution < -0.4 is 10.2 Å². The summed E-state index contributed by atoms with van der Waals surface area (Å²) in [7, 11) is 0. The summed E-state index contributed by atoms with van der Waals surface area (Å²) in [6, 6.07) is 13.1. The molecule has 0 spiro atoms. The fourth-order valence-electron chi connectivity index (χ4n) is 3.85. The van der Waals surface area contributed by atoms with Crippen LogP contribution in [0.4, 0.5) is 21.7 Å². The van der Waals surface area contributed by atoms with E-state index in [0.717, 1.165) is 30.7 Å². The second kappa shape index (κ2) is 9.92. The van der Waals surface area contributed by atoms with Crippen molar-refractivity contribution in [1.29, 1.82) is 0 Å². The predicted octanol–water partition coefficient (Wildman–Crippen LogP) is 5.97. The zero-order valence-corrected chi connectivity index (χ0v) is 18.4. The lowest BCUT2D eigenvalue weighted by Crippen LogP contribution is -2.29. The van der Waals surface area contributed by atoms with E-state index in [-0.39, 0.29) is 23.8 Å². The number of nitrogens with one attached hydrogen (secondary N) is 1. The summed E-state index contributed by atoms with van der Waals surface area (Å²) in [5.41, 5.74) is 3.23. The standard InChI is InChI=1S/C25H24ClFN4O/c1-2-22(32)13-17-11-18(14-19(26)12-17)24-23(27)16-28-25(30-24)29-20-7-6-8-21(15-20)31-9-4-3-5-10-31/h2,6-8,11-12,14-16H,1,3-5,9-10,13H2,(H,28,29,30). The van der Waals surface area contributed by atoms with Crippen molar-refractivity contribution in [1.82, 2.24) is 9.97 Å². The number of hydrogen-bond donors (Lipinski definition) is 1. The molecule has 32 heavy (non-hydrogen) atoms. The van der Waals surface area contributed by atoms with Gasteiger partial charge in [0, 0.05) is 41.5 Å². The summed E-state index contributed by atoms with van der Waals surface area (Å²) in [6.45, 7) is 5.58. The molecule has 1 N–H and O–H groups in total. The lowest BCUT2D eigenvalue weighted by atomic mass is 10.0. The average Bonchev–Trinajstić information content (AvgIpc) is 2.80. The van der Waals surface area contributed by atoms with Crippen LogP contribution in [-0.4, -0.2) is 28.8 Å². The Morgan fingerprint density at radius 1 is 1.19 bits per heavy atom. The highest BCUT2D eigenvalue weighted by atomic mass is 35.5. The Hall–Kier alpha value is -3.25. The third-order valence-corrected chi connectivity index (χ3v) is 5.62. The number of ketones is 1. The van der Waals surface area contributed by atoms with Crippen molar-refractivity contribution in [2.45, 2.75) is 25.7 Å². The number of anilines is 3. The Labute approximate surface area is 192 Å². The van der Waals surface area contributed by atoms with Crippen molar-refractivity contribution >= 4 is 34.7 Å². The number of piperidine rings is 1. The molecule has 1 aliphatic heterocycles. The smallest absolute Gasteiger partial charge is 0.227 e. The average molecular weight is 451 g/mol. The van der Waals surface area contributed by atoms with Gasteiger partial charge in [0.2, 0.25) is 5.95 Å². The molecule has 3 aromatic rings. The number of carbonyl (C=O) groups excluding carboxylic acids is 1. The first-order valence-electron chi connectivity index (χ1n) is 10.6. The molecular weight excluding hydrogens is 427 g/mol. The van der Waals surface area contributed by atoms with Crippen LogP contribution in [0.3, 0.4) is 0 Å². The van der Waals surface area contributed by atoms with Gasteiger partial charge in [-0.2, -0.15) is 0 Å². The molecule has 0 saturated carbocycles. The van der Waals surface area contributed by atoms with E-state index in [1.165, 1.54) is 25.3 Å². The molecule has 1 fully saturated rings. The molecule has 0 bridgehead atoms. The number of allylic oxidation sites excluding steroid dienone is 1. The number of carbonyl (C=O) groups is 1. The molecule has 1 aromatic heterocycles. The molecular formula is C25H24ClFN4O. The number of aromatic nitrogens is 2. The van der Waals surface area contributed by atoms with Crippen molar-refractivity contribution in [3.8, 4) is 11.3 Å². The molecule has 0 atom stereocenters. The van der Waals surface area contributed by atoms with E-state index in [1.54, 1.807) is 18.2 Å². The fourth-order valence-corrected chi connectivity index (χ4v) is 4.11. The van der Waals surface area contributed by atoms with Crippen LogP contribution in [0.2, 0.25) is 5.02 Å². The van der Waals surface area contributed by atoms with Crippen LogP contribution in [0.15, 0.2) is 61.3 Å². The van der Waals surface area contributed by atoms with Crippen molar-refractivity contribution in [3.63, 3.8) is 0 Å². The quantitative estimate of drug-likeness (QED) is 0.449. The molecule has 0 amide bonds. The van der Waals surface area contributed by atoms with Gasteiger partial charge in [-0.15, -0.1) is 0 Å². The number of rotatable bonds is 7. The molecule has 2 aromatic carbocycles. The van der Waals surface area contributed by atoms with E-state index in [9.17, 15) is 9.18 Å². The Morgan fingerprint density at radius 2 is 2.00 bits per heavy atom. The Balaban J connectivity index is 1.60. The van der Waals surface area contributed by atoms with Gasteiger partial charge in [-0.3, -0.25) is 4.79 Å². The topological polar surface area (TPSA) is 58.1 Å². The first kappa shape index (κ1) is 22.0. The van der Waals surface area contributed by atoms with E-state index in [0.29, 0.717) is 16.1 Å². The van der Waals surface area contributed by atoms with E-state index >= 15 is 0 Å². The van der Waals surface area contributed by atoms with E-state index in [2.05, 4.69) is 38.9 Å². The molecule has 1 aliphatic rings. The molecule has 0 radical (unpaired) electrons. The van der Waals surface area contributed by atoms with Crippen molar-refractivity contribution < 1.29 is 9.18 Å². The monoisotopic (exact) mass is 450 g/mol. The summed E-state index contributed by atoms with van der Waals surface area (Å²) in [6.07, 6.45) is 6.19. The van der Waals surface area contributed by atoms with Crippen LogP contribution in [-0.2, 0) is 11.2 Å². The Morgan fingerprint density at radius 3 is 2.78 bits per heavy atom. The molecule has 0 unspecified atom stereocenters. The maximum Gasteiger partial charge on any atom is 0.227 e. The minimum atomic E-state index is -0.569. The van der Waals surface area contributed by atoms with Gasteiger partial charge in [-0.05, 0) is 67.3 Å². The predicted molar refractivity (Wildman–Crippen MR) is 127 cm³/mol. The summed E-state index contributed by atoms with van der Waals surface area (Å²) in [5.74, 6) is -0.431. The van der Waals surface area contributed by atoms with E-state index < -0.39 is 5.82 Å². The zero-order chi connectivity index (χ0) is 22.5.